The van der Waals surface area contributed by atoms with E-state index >= 15 is 0 Å². The number of imidazole rings is 1. The molecule has 90 valence electrons. The van der Waals surface area contributed by atoms with Gasteiger partial charge in [0.25, 0.3) is 0 Å². The predicted octanol–water partition coefficient (Wildman–Crippen LogP) is 2.58. The lowest BCUT2D eigenvalue weighted by atomic mass is 9.91. The van der Waals surface area contributed by atoms with E-state index in [4.69, 9.17) is 5.11 Å². The van der Waals surface area contributed by atoms with Crippen LogP contribution in [0.4, 0.5) is 0 Å². The molecular formula is C12H20N2OS. The zero-order chi connectivity index (χ0) is 11.4. The van der Waals surface area contributed by atoms with Crippen molar-refractivity contribution in [2.75, 3.05) is 5.75 Å². The minimum absolute atomic E-state index is 0.0769. The van der Waals surface area contributed by atoms with E-state index in [0.29, 0.717) is 0 Å². The molecule has 1 saturated carbocycles. The second-order valence-corrected chi connectivity index (χ2v) is 5.55. The number of aliphatic hydroxyl groups excluding tert-OH is 1. The van der Waals surface area contributed by atoms with E-state index in [0.717, 1.165) is 16.8 Å². The third-order valence-electron chi connectivity index (χ3n) is 3.38. The molecule has 0 amide bonds. The highest BCUT2D eigenvalue weighted by molar-refractivity contribution is 7.99. The van der Waals surface area contributed by atoms with Crippen LogP contribution in [0.5, 0.6) is 0 Å². The predicted molar refractivity (Wildman–Crippen MR) is 66.4 cm³/mol. The summed E-state index contributed by atoms with van der Waals surface area (Å²) < 4.78 is 1.99. The zero-order valence-corrected chi connectivity index (χ0v) is 10.7. The largest absolute Gasteiger partial charge is 0.390 e. The van der Waals surface area contributed by atoms with Crippen LogP contribution in [-0.4, -0.2) is 20.4 Å². The van der Waals surface area contributed by atoms with Crippen LogP contribution in [0.1, 0.15) is 37.8 Å². The maximum absolute atomic E-state index is 9.08. The first kappa shape index (κ1) is 12.0. The summed E-state index contributed by atoms with van der Waals surface area (Å²) in [6.45, 7) is 0.0769. The normalized spacial score (nSPS) is 17.9. The maximum atomic E-state index is 9.08. The highest BCUT2D eigenvalue weighted by Crippen LogP contribution is 2.29. The summed E-state index contributed by atoms with van der Waals surface area (Å²) in [4.78, 5) is 4.34. The van der Waals surface area contributed by atoms with Crippen molar-refractivity contribution in [1.82, 2.24) is 9.55 Å². The summed E-state index contributed by atoms with van der Waals surface area (Å²) in [5, 5.41) is 10.1. The molecule has 1 fully saturated rings. The average molecular weight is 240 g/mol. The van der Waals surface area contributed by atoms with Gasteiger partial charge in [-0.1, -0.05) is 31.0 Å². The molecule has 3 nitrogen and oxygen atoms in total. The fraction of sp³-hybridized carbons (Fsp3) is 0.750. The Bertz CT molecular complexity index is 332. The van der Waals surface area contributed by atoms with Gasteiger partial charge in [-0.2, -0.15) is 0 Å². The fourth-order valence-corrected chi connectivity index (χ4v) is 3.41. The Hall–Kier alpha value is -0.480. The number of rotatable bonds is 4. The zero-order valence-electron chi connectivity index (χ0n) is 9.85. The molecule has 1 aromatic heterocycles. The third kappa shape index (κ3) is 2.80. The molecule has 0 saturated heterocycles. The van der Waals surface area contributed by atoms with Gasteiger partial charge in [0.15, 0.2) is 5.16 Å². The SMILES string of the molecule is Cn1c(CO)cnc1SCC1CCCCC1. The minimum atomic E-state index is 0.0769. The van der Waals surface area contributed by atoms with Crippen molar-refractivity contribution in [3.63, 3.8) is 0 Å². The maximum Gasteiger partial charge on any atom is 0.167 e. The molecule has 1 N–H and O–H groups in total. The van der Waals surface area contributed by atoms with E-state index in [1.807, 2.05) is 23.4 Å². The van der Waals surface area contributed by atoms with Gasteiger partial charge in [-0.05, 0) is 18.8 Å². The van der Waals surface area contributed by atoms with Crippen LogP contribution in [-0.2, 0) is 13.7 Å². The molecule has 2 rings (SSSR count). The van der Waals surface area contributed by atoms with E-state index < -0.39 is 0 Å². The van der Waals surface area contributed by atoms with Crippen LogP contribution < -0.4 is 0 Å². The van der Waals surface area contributed by atoms with Gasteiger partial charge in [0, 0.05) is 12.8 Å². The lowest BCUT2D eigenvalue weighted by Gasteiger charge is -2.20. The molecular weight excluding hydrogens is 220 g/mol. The summed E-state index contributed by atoms with van der Waals surface area (Å²) in [7, 11) is 1.97. The summed E-state index contributed by atoms with van der Waals surface area (Å²) in [6.07, 6.45) is 8.73. The minimum Gasteiger partial charge on any atom is -0.390 e. The highest BCUT2D eigenvalue weighted by Gasteiger charge is 2.15. The molecule has 1 aliphatic carbocycles. The third-order valence-corrected chi connectivity index (χ3v) is 4.65. The molecule has 1 heterocycles. The first-order valence-corrected chi connectivity index (χ1v) is 7.04. The number of hydrogen-bond acceptors (Lipinski definition) is 3. The molecule has 0 aliphatic heterocycles. The molecule has 4 heteroatoms. The molecule has 1 aromatic rings. The Labute approximate surface area is 101 Å². The summed E-state index contributed by atoms with van der Waals surface area (Å²) in [5.41, 5.74) is 0.895. The molecule has 1 aliphatic rings. The summed E-state index contributed by atoms with van der Waals surface area (Å²) in [6, 6.07) is 0. The lowest BCUT2D eigenvalue weighted by Crippen LogP contribution is -2.09. The van der Waals surface area contributed by atoms with E-state index in [1.54, 1.807) is 6.20 Å². The lowest BCUT2D eigenvalue weighted by molar-refractivity contribution is 0.271. The van der Waals surface area contributed by atoms with E-state index in [-0.39, 0.29) is 6.61 Å². The Balaban J connectivity index is 1.86. The Morgan fingerprint density at radius 1 is 1.44 bits per heavy atom. The Morgan fingerprint density at radius 3 is 2.81 bits per heavy atom. The number of thioether (sulfide) groups is 1. The van der Waals surface area contributed by atoms with Gasteiger partial charge in [-0.3, -0.25) is 0 Å². The van der Waals surface area contributed by atoms with Gasteiger partial charge in [0.05, 0.1) is 18.5 Å². The van der Waals surface area contributed by atoms with Gasteiger partial charge in [0.2, 0.25) is 0 Å². The highest BCUT2D eigenvalue weighted by atomic mass is 32.2. The Morgan fingerprint density at radius 2 is 2.19 bits per heavy atom. The topological polar surface area (TPSA) is 38.0 Å². The van der Waals surface area contributed by atoms with Crippen molar-refractivity contribution in [3.8, 4) is 0 Å². The van der Waals surface area contributed by atoms with Crippen LogP contribution in [0.2, 0.25) is 0 Å². The number of aliphatic hydroxyl groups is 1. The number of aromatic nitrogens is 2. The van der Waals surface area contributed by atoms with Gasteiger partial charge in [-0.15, -0.1) is 0 Å². The second kappa shape index (κ2) is 5.73. The molecule has 0 radical (unpaired) electrons. The first-order chi connectivity index (χ1) is 7.81. The van der Waals surface area contributed by atoms with Gasteiger partial charge in [0.1, 0.15) is 0 Å². The molecule has 16 heavy (non-hydrogen) atoms. The standard InChI is InChI=1S/C12H20N2OS/c1-14-11(8-15)7-13-12(14)16-9-10-5-3-2-4-6-10/h7,10,15H,2-6,8-9H2,1H3. The molecule has 0 aromatic carbocycles. The molecule has 0 bridgehead atoms. The van der Waals surface area contributed by atoms with E-state index in [2.05, 4.69) is 4.98 Å². The molecule has 0 atom stereocenters. The summed E-state index contributed by atoms with van der Waals surface area (Å²) >= 11 is 1.83. The van der Waals surface area contributed by atoms with Crippen LogP contribution in [0.3, 0.4) is 0 Å². The van der Waals surface area contributed by atoms with Crippen molar-refractivity contribution < 1.29 is 5.11 Å². The summed E-state index contributed by atoms with van der Waals surface area (Å²) in [5.74, 6) is 2.04. The average Bonchev–Trinajstić information content (AvgIpc) is 2.69. The Kier molecular flexibility index (Phi) is 4.29. The second-order valence-electron chi connectivity index (χ2n) is 4.56. The smallest absolute Gasteiger partial charge is 0.167 e. The van der Waals surface area contributed by atoms with Crippen molar-refractivity contribution in [2.24, 2.45) is 13.0 Å². The van der Waals surface area contributed by atoms with Crippen LogP contribution in [0.15, 0.2) is 11.4 Å². The quantitative estimate of drug-likeness (QED) is 0.822. The van der Waals surface area contributed by atoms with Gasteiger partial charge >= 0.3 is 0 Å². The first-order valence-electron chi connectivity index (χ1n) is 6.05. The monoisotopic (exact) mass is 240 g/mol. The fourth-order valence-electron chi connectivity index (χ4n) is 2.25. The van der Waals surface area contributed by atoms with Crippen molar-refractivity contribution in [1.29, 1.82) is 0 Å². The van der Waals surface area contributed by atoms with E-state index in [1.165, 1.54) is 37.9 Å². The van der Waals surface area contributed by atoms with Crippen LogP contribution in [0.25, 0.3) is 0 Å². The van der Waals surface area contributed by atoms with Crippen LogP contribution >= 0.6 is 11.8 Å². The van der Waals surface area contributed by atoms with Gasteiger partial charge < -0.3 is 9.67 Å². The van der Waals surface area contributed by atoms with Crippen LogP contribution in [0, 0.1) is 5.92 Å². The van der Waals surface area contributed by atoms with Gasteiger partial charge in [-0.25, -0.2) is 4.98 Å². The molecule has 0 spiro atoms. The van der Waals surface area contributed by atoms with Crippen molar-refractivity contribution >= 4 is 11.8 Å². The molecule has 0 unspecified atom stereocenters. The van der Waals surface area contributed by atoms with E-state index in [9.17, 15) is 0 Å². The number of hydrogen-bond donors (Lipinski definition) is 1. The van der Waals surface area contributed by atoms with Crippen molar-refractivity contribution in [3.05, 3.63) is 11.9 Å². The van der Waals surface area contributed by atoms with Crippen molar-refractivity contribution in [2.45, 2.75) is 43.9 Å². The number of nitrogens with zero attached hydrogens (tertiary/aromatic N) is 2.